The zero-order chi connectivity index (χ0) is 13.6. The third kappa shape index (κ3) is 2.21. The fraction of sp³-hybridized carbons (Fsp3) is 1.00. The summed E-state index contributed by atoms with van der Waals surface area (Å²) < 4.78 is 5.93. The van der Waals surface area contributed by atoms with Gasteiger partial charge in [0, 0.05) is 36.6 Å². The molecule has 3 nitrogen and oxygen atoms in total. The molecule has 3 atom stereocenters. The molecule has 1 saturated carbocycles. The third-order valence-electron chi connectivity index (χ3n) is 4.97. The van der Waals surface area contributed by atoms with E-state index in [4.69, 9.17) is 10.5 Å². The van der Waals surface area contributed by atoms with Crippen LogP contribution in [0.4, 0.5) is 0 Å². The van der Waals surface area contributed by atoms with Crippen LogP contribution in [0.3, 0.4) is 0 Å². The molecule has 3 heteroatoms. The second-order valence-corrected chi connectivity index (χ2v) is 7.97. The van der Waals surface area contributed by atoms with Crippen molar-refractivity contribution in [3.8, 4) is 0 Å². The van der Waals surface area contributed by atoms with Crippen molar-refractivity contribution in [1.82, 2.24) is 5.32 Å². The molecule has 0 spiro atoms. The Morgan fingerprint density at radius 1 is 1.33 bits per heavy atom. The predicted octanol–water partition coefficient (Wildman–Crippen LogP) is 2.15. The first kappa shape index (κ1) is 14.3. The van der Waals surface area contributed by atoms with E-state index in [9.17, 15) is 0 Å². The van der Waals surface area contributed by atoms with Gasteiger partial charge >= 0.3 is 0 Å². The van der Waals surface area contributed by atoms with Crippen LogP contribution in [0.15, 0.2) is 0 Å². The molecule has 0 bridgehead atoms. The molecular weight excluding hydrogens is 224 g/mol. The van der Waals surface area contributed by atoms with Gasteiger partial charge in [0.15, 0.2) is 0 Å². The summed E-state index contributed by atoms with van der Waals surface area (Å²) in [6.45, 7) is 14.1. The molecule has 2 rings (SSSR count). The molecule has 0 amide bonds. The number of nitrogens with two attached hydrogens (primary N) is 1. The molecule has 2 fully saturated rings. The molecule has 3 unspecified atom stereocenters. The van der Waals surface area contributed by atoms with Crippen molar-refractivity contribution in [3.63, 3.8) is 0 Å². The highest BCUT2D eigenvalue weighted by atomic mass is 16.5. The highest BCUT2D eigenvalue weighted by Crippen LogP contribution is 2.56. The van der Waals surface area contributed by atoms with E-state index >= 15 is 0 Å². The first-order chi connectivity index (χ1) is 8.18. The Balaban J connectivity index is 1.97. The summed E-state index contributed by atoms with van der Waals surface area (Å²) in [5.74, 6) is 0.536. The third-order valence-corrected chi connectivity index (χ3v) is 4.97. The van der Waals surface area contributed by atoms with Crippen molar-refractivity contribution in [2.24, 2.45) is 22.5 Å². The van der Waals surface area contributed by atoms with Gasteiger partial charge in [0.25, 0.3) is 0 Å². The van der Waals surface area contributed by atoms with E-state index in [1.165, 1.54) is 6.42 Å². The molecule has 0 aromatic heterocycles. The number of hydrogen-bond acceptors (Lipinski definition) is 3. The Bertz CT molecular complexity index is 308. The maximum Gasteiger partial charge on any atom is 0.0690 e. The number of fused-ring (bicyclic) bond motifs is 1. The molecule has 0 aromatic carbocycles. The quantitative estimate of drug-likeness (QED) is 0.811. The van der Waals surface area contributed by atoms with E-state index < -0.39 is 0 Å². The summed E-state index contributed by atoms with van der Waals surface area (Å²) in [6, 6.07) is 0. The van der Waals surface area contributed by atoms with Crippen LogP contribution in [-0.2, 0) is 4.74 Å². The highest BCUT2D eigenvalue weighted by molar-refractivity contribution is 5.20. The van der Waals surface area contributed by atoms with Crippen LogP contribution in [0.5, 0.6) is 0 Å². The van der Waals surface area contributed by atoms with Gasteiger partial charge in [0.05, 0.1) is 6.10 Å². The zero-order valence-corrected chi connectivity index (χ0v) is 12.7. The summed E-state index contributed by atoms with van der Waals surface area (Å²) in [5.41, 5.74) is 7.01. The van der Waals surface area contributed by atoms with E-state index in [1.807, 2.05) is 0 Å². The van der Waals surface area contributed by atoms with Gasteiger partial charge in [0.1, 0.15) is 0 Å². The van der Waals surface area contributed by atoms with Crippen LogP contribution in [0.2, 0.25) is 0 Å². The van der Waals surface area contributed by atoms with Crippen LogP contribution < -0.4 is 11.1 Å². The normalized spacial score (nSPS) is 39.0. The maximum absolute atomic E-state index is 6.72. The number of nitrogens with one attached hydrogen (secondary N) is 1. The van der Waals surface area contributed by atoms with E-state index in [0.29, 0.717) is 17.4 Å². The standard InChI is InChI=1S/C15H30N2O/c1-13(2,3)9-17-10-15(16)11-7-6-8-18-12(11)14(15,4)5/h11-12,17H,6-10,16H2,1-5H3. The smallest absolute Gasteiger partial charge is 0.0690 e. The van der Waals surface area contributed by atoms with Crippen LogP contribution in [0.1, 0.15) is 47.5 Å². The summed E-state index contributed by atoms with van der Waals surface area (Å²) in [7, 11) is 0. The summed E-state index contributed by atoms with van der Waals surface area (Å²) in [5, 5.41) is 3.58. The van der Waals surface area contributed by atoms with Crippen LogP contribution in [0.25, 0.3) is 0 Å². The summed E-state index contributed by atoms with van der Waals surface area (Å²) in [4.78, 5) is 0. The van der Waals surface area contributed by atoms with Gasteiger partial charge in [0.2, 0.25) is 0 Å². The topological polar surface area (TPSA) is 47.3 Å². The van der Waals surface area contributed by atoms with E-state index in [2.05, 4.69) is 39.9 Å². The molecule has 3 N–H and O–H groups in total. The minimum Gasteiger partial charge on any atom is -0.377 e. The molecule has 1 heterocycles. The van der Waals surface area contributed by atoms with Gasteiger partial charge in [-0.05, 0) is 18.3 Å². The fourth-order valence-electron chi connectivity index (χ4n) is 3.67. The Hall–Kier alpha value is -0.120. The molecule has 106 valence electrons. The van der Waals surface area contributed by atoms with Gasteiger partial charge in [-0.1, -0.05) is 34.6 Å². The van der Waals surface area contributed by atoms with Gasteiger partial charge < -0.3 is 15.8 Å². The van der Waals surface area contributed by atoms with Crippen molar-refractivity contribution < 1.29 is 4.74 Å². The van der Waals surface area contributed by atoms with Crippen molar-refractivity contribution in [2.75, 3.05) is 19.7 Å². The molecule has 1 aliphatic heterocycles. The number of rotatable bonds is 3. The van der Waals surface area contributed by atoms with Crippen molar-refractivity contribution in [2.45, 2.75) is 59.1 Å². The largest absolute Gasteiger partial charge is 0.377 e. The molecular formula is C15H30N2O. The lowest BCUT2D eigenvalue weighted by Gasteiger charge is -2.66. The Morgan fingerprint density at radius 3 is 2.61 bits per heavy atom. The SMILES string of the molecule is CC(C)(C)CNCC1(N)C2CCCOC2C1(C)C. The van der Waals surface area contributed by atoms with Gasteiger partial charge in [-0.3, -0.25) is 0 Å². The van der Waals surface area contributed by atoms with Gasteiger partial charge in [-0.25, -0.2) is 0 Å². The van der Waals surface area contributed by atoms with Crippen molar-refractivity contribution in [1.29, 1.82) is 0 Å². The fourth-order valence-corrected chi connectivity index (χ4v) is 3.67. The highest BCUT2D eigenvalue weighted by Gasteiger charge is 2.66. The molecule has 0 radical (unpaired) electrons. The zero-order valence-electron chi connectivity index (χ0n) is 12.7. The van der Waals surface area contributed by atoms with Crippen LogP contribution in [0, 0.1) is 16.7 Å². The lowest BCUT2D eigenvalue weighted by atomic mass is 9.46. The average Bonchev–Trinajstić information content (AvgIpc) is 2.27. The molecule has 2 aliphatic rings. The average molecular weight is 254 g/mol. The summed E-state index contributed by atoms with van der Waals surface area (Å²) in [6.07, 6.45) is 2.75. The van der Waals surface area contributed by atoms with E-state index in [-0.39, 0.29) is 11.0 Å². The lowest BCUT2D eigenvalue weighted by Crippen LogP contribution is -2.80. The molecule has 1 saturated heterocycles. The van der Waals surface area contributed by atoms with Crippen molar-refractivity contribution in [3.05, 3.63) is 0 Å². The first-order valence-corrected chi connectivity index (χ1v) is 7.30. The minimum absolute atomic E-state index is 0.0863. The second kappa shape index (κ2) is 4.46. The lowest BCUT2D eigenvalue weighted by molar-refractivity contribution is -0.225. The predicted molar refractivity (Wildman–Crippen MR) is 75.5 cm³/mol. The van der Waals surface area contributed by atoms with E-state index in [0.717, 1.165) is 26.1 Å². The van der Waals surface area contributed by atoms with Crippen LogP contribution in [-0.4, -0.2) is 31.3 Å². The molecule has 1 aliphatic carbocycles. The van der Waals surface area contributed by atoms with E-state index in [1.54, 1.807) is 0 Å². The van der Waals surface area contributed by atoms with Crippen molar-refractivity contribution >= 4 is 0 Å². The maximum atomic E-state index is 6.72. The minimum atomic E-state index is -0.108. The van der Waals surface area contributed by atoms with Gasteiger partial charge in [-0.2, -0.15) is 0 Å². The number of ether oxygens (including phenoxy) is 1. The van der Waals surface area contributed by atoms with Crippen LogP contribution >= 0.6 is 0 Å². The Labute approximate surface area is 112 Å². The first-order valence-electron chi connectivity index (χ1n) is 7.30. The van der Waals surface area contributed by atoms with Gasteiger partial charge in [-0.15, -0.1) is 0 Å². The monoisotopic (exact) mass is 254 g/mol. The molecule has 0 aromatic rings. The Kier molecular flexibility index (Phi) is 3.54. The molecule has 18 heavy (non-hydrogen) atoms. The summed E-state index contributed by atoms with van der Waals surface area (Å²) >= 11 is 0. The number of hydrogen-bond donors (Lipinski definition) is 2. The Morgan fingerprint density at radius 2 is 2.00 bits per heavy atom. The second-order valence-electron chi connectivity index (χ2n) is 7.97.